The molecule has 5 heteroatoms. The first-order valence-corrected chi connectivity index (χ1v) is 9.13. The number of sulfone groups is 1. The molecule has 0 N–H and O–H groups in total. The molecule has 0 spiro atoms. The second kappa shape index (κ2) is 6.53. The molecule has 2 aromatic carbocycles. The van der Waals surface area contributed by atoms with Crippen molar-refractivity contribution in [2.24, 2.45) is 7.05 Å². The first-order valence-electron chi connectivity index (χ1n) is 7.58. The zero-order chi connectivity index (χ0) is 17.2. The molecule has 3 aromatic rings. The van der Waals surface area contributed by atoms with Gasteiger partial charge >= 0.3 is 0 Å². The molecule has 0 saturated carbocycles. The maximum atomic E-state index is 13.3. The number of hydrogen-bond donors (Lipinski definition) is 0. The van der Waals surface area contributed by atoms with Crippen molar-refractivity contribution in [3.63, 3.8) is 0 Å². The van der Waals surface area contributed by atoms with Gasteiger partial charge in [-0.3, -0.25) is 0 Å². The molecule has 1 aromatic heterocycles. The number of aryl methyl sites for hydroxylation is 1. The zero-order valence-electron chi connectivity index (χ0n) is 13.6. The molecule has 0 bridgehead atoms. The molecule has 0 saturated heterocycles. The molecule has 0 aliphatic rings. The van der Waals surface area contributed by atoms with Gasteiger partial charge in [0.15, 0.2) is 9.84 Å². The molecule has 1 unspecified atom stereocenters. The van der Waals surface area contributed by atoms with Crippen molar-refractivity contribution in [1.29, 1.82) is 0 Å². The molecule has 3 rings (SSSR count). The molecule has 0 amide bonds. The van der Waals surface area contributed by atoms with E-state index in [-0.39, 0.29) is 0 Å². The van der Waals surface area contributed by atoms with E-state index in [1.807, 2.05) is 36.0 Å². The van der Waals surface area contributed by atoms with Crippen LogP contribution in [0, 0.1) is 0 Å². The lowest BCUT2D eigenvalue weighted by Gasteiger charge is -2.20. The van der Waals surface area contributed by atoms with Crippen LogP contribution in [-0.4, -0.2) is 20.1 Å². The van der Waals surface area contributed by atoms with Gasteiger partial charge in [0.2, 0.25) is 0 Å². The van der Waals surface area contributed by atoms with Crippen LogP contribution in [0.2, 0.25) is 0 Å². The Morgan fingerprint density at radius 1 is 0.917 bits per heavy atom. The monoisotopic (exact) mass is 341 g/mol. The highest BCUT2D eigenvalue weighted by atomic mass is 32.2. The summed E-state index contributed by atoms with van der Waals surface area (Å²) in [6.07, 6.45) is 1.85. The van der Waals surface area contributed by atoms with Gasteiger partial charge in [-0.05, 0) is 42.0 Å². The van der Waals surface area contributed by atoms with Gasteiger partial charge in [-0.15, -0.1) is 0 Å². The van der Waals surface area contributed by atoms with Crippen LogP contribution in [0.4, 0.5) is 0 Å². The maximum absolute atomic E-state index is 13.3. The normalized spacial score (nSPS) is 12.8. The van der Waals surface area contributed by atoms with Gasteiger partial charge in [0.1, 0.15) is 11.0 Å². The third-order valence-electron chi connectivity index (χ3n) is 4.05. The van der Waals surface area contributed by atoms with Gasteiger partial charge in [-0.25, -0.2) is 8.42 Å². The highest BCUT2D eigenvalue weighted by molar-refractivity contribution is 7.91. The standard InChI is InChI=1S/C19H19NO3S/c1-20-14-6-9-18(20)19(15-10-12-16(23-2)13-11-15)24(21,22)17-7-4-3-5-8-17/h3-14,19H,1-2H3. The van der Waals surface area contributed by atoms with Crippen LogP contribution in [0.3, 0.4) is 0 Å². The van der Waals surface area contributed by atoms with E-state index in [0.29, 0.717) is 16.2 Å². The number of benzene rings is 2. The fraction of sp³-hybridized carbons (Fsp3) is 0.158. The number of rotatable bonds is 5. The second-order valence-corrected chi connectivity index (χ2v) is 7.59. The van der Waals surface area contributed by atoms with Crippen LogP contribution in [0.1, 0.15) is 16.5 Å². The lowest BCUT2D eigenvalue weighted by Crippen LogP contribution is -2.17. The molecule has 0 radical (unpaired) electrons. The average Bonchev–Trinajstić information content (AvgIpc) is 3.02. The summed E-state index contributed by atoms with van der Waals surface area (Å²) in [5.74, 6) is 0.696. The quantitative estimate of drug-likeness (QED) is 0.712. The Kier molecular flexibility index (Phi) is 4.44. The lowest BCUT2D eigenvalue weighted by atomic mass is 10.1. The average molecular weight is 341 g/mol. The summed E-state index contributed by atoms with van der Waals surface area (Å²) in [6, 6.07) is 19.4. The highest BCUT2D eigenvalue weighted by Gasteiger charge is 2.32. The minimum atomic E-state index is -3.58. The van der Waals surface area contributed by atoms with E-state index in [1.165, 1.54) is 0 Å². The van der Waals surface area contributed by atoms with Crippen LogP contribution in [0.25, 0.3) is 0 Å². The van der Waals surface area contributed by atoms with Gasteiger partial charge < -0.3 is 9.30 Å². The number of nitrogens with zero attached hydrogens (tertiary/aromatic N) is 1. The Bertz CT molecular complexity index is 913. The topological polar surface area (TPSA) is 48.3 Å². The Balaban J connectivity index is 2.17. The molecule has 0 aliphatic carbocycles. The maximum Gasteiger partial charge on any atom is 0.191 e. The Hall–Kier alpha value is -2.53. The van der Waals surface area contributed by atoms with Crippen LogP contribution < -0.4 is 4.74 Å². The van der Waals surface area contributed by atoms with Gasteiger partial charge in [0, 0.05) is 18.9 Å². The number of methoxy groups -OCH3 is 1. The Labute approximate surface area is 142 Å². The van der Waals surface area contributed by atoms with E-state index >= 15 is 0 Å². The van der Waals surface area contributed by atoms with E-state index in [2.05, 4.69) is 0 Å². The van der Waals surface area contributed by atoms with Crippen LogP contribution in [0.15, 0.2) is 77.8 Å². The highest BCUT2D eigenvalue weighted by Crippen LogP contribution is 2.35. The first-order chi connectivity index (χ1) is 11.5. The van der Waals surface area contributed by atoms with Gasteiger partial charge in [-0.1, -0.05) is 30.3 Å². The number of hydrogen-bond acceptors (Lipinski definition) is 3. The molecule has 1 atom stereocenters. The van der Waals surface area contributed by atoms with E-state index < -0.39 is 15.1 Å². The van der Waals surface area contributed by atoms with Gasteiger partial charge in [0.05, 0.1) is 12.0 Å². The first kappa shape index (κ1) is 16.3. The van der Waals surface area contributed by atoms with Crippen LogP contribution >= 0.6 is 0 Å². The minimum Gasteiger partial charge on any atom is -0.497 e. The molecular formula is C19H19NO3S. The van der Waals surface area contributed by atoms with Crippen LogP contribution in [-0.2, 0) is 16.9 Å². The van der Waals surface area contributed by atoms with Crippen LogP contribution in [0.5, 0.6) is 5.75 Å². The van der Waals surface area contributed by atoms with Crippen molar-refractivity contribution < 1.29 is 13.2 Å². The van der Waals surface area contributed by atoms with Gasteiger partial charge in [-0.2, -0.15) is 0 Å². The van der Waals surface area contributed by atoms with Crippen molar-refractivity contribution in [3.05, 3.63) is 84.2 Å². The number of ether oxygens (including phenoxy) is 1. The fourth-order valence-electron chi connectivity index (χ4n) is 2.78. The second-order valence-electron chi connectivity index (χ2n) is 5.56. The predicted octanol–water partition coefficient (Wildman–Crippen LogP) is 3.60. The van der Waals surface area contributed by atoms with E-state index in [0.717, 1.165) is 5.69 Å². The summed E-state index contributed by atoms with van der Waals surface area (Å²) in [5, 5.41) is -0.772. The van der Waals surface area contributed by atoms with E-state index in [1.54, 1.807) is 55.6 Å². The molecule has 1 heterocycles. The lowest BCUT2D eigenvalue weighted by molar-refractivity contribution is 0.414. The van der Waals surface area contributed by atoms with Crippen molar-refractivity contribution >= 4 is 9.84 Å². The summed E-state index contributed by atoms with van der Waals surface area (Å²) in [5.41, 5.74) is 1.44. The van der Waals surface area contributed by atoms with Crippen molar-refractivity contribution in [1.82, 2.24) is 4.57 Å². The Morgan fingerprint density at radius 2 is 1.58 bits per heavy atom. The molecule has 0 fully saturated rings. The van der Waals surface area contributed by atoms with E-state index in [4.69, 9.17) is 4.74 Å². The molecule has 4 nitrogen and oxygen atoms in total. The molecular weight excluding hydrogens is 322 g/mol. The smallest absolute Gasteiger partial charge is 0.191 e. The third-order valence-corrected chi connectivity index (χ3v) is 6.12. The van der Waals surface area contributed by atoms with Crippen molar-refractivity contribution in [2.45, 2.75) is 10.1 Å². The zero-order valence-corrected chi connectivity index (χ0v) is 14.4. The summed E-state index contributed by atoms with van der Waals surface area (Å²) < 4.78 is 33.6. The summed E-state index contributed by atoms with van der Waals surface area (Å²) in [6.45, 7) is 0. The van der Waals surface area contributed by atoms with Crippen molar-refractivity contribution in [2.75, 3.05) is 7.11 Å². The fourth-order valence-corrected chi connectivity index (χ4v) is 4.67. The summed E-state index contributed by atoms with van der Waals surface area (Å²) in [4.78, 5) is 0.312. The van der Waals surface area contributed by atoms with Gasteiger partial charge in [0.25, 0.3) is 0 Å². The minimum absolute atomic E-state index is 0.312. The molecule has 0 aliphatic heterocycles. The van der Waals surface area contributed by atoms with E-state index in [9.17, 15) is 8.42 Å². The Morgan fingerprint density at radius 3 is 2.12 bits per heavy atom. The molecule has 124 valence electrons. The summed E-state index contributed by atoms with van der Waals surface area (Å²) >= 11 is 0. The van der Waals surface area contributed by atoms with Crippen molar-refractivity contribution in [3.8, 4) is 5.75 Å². The number of aromatic nitrogens is 1. The third kappa shape index (κ3) is 2.95. The predicted molar refractivity (Wildman–Crippen MR) is 93.9 cm³/mol. The largest absolute Gasteiger partial charge is 0.497 e. The SMILES string of the molecule is COc1ccc(C(c2cccn2C)S(=O)(=O)c2ccccc2)cc1. The summed E-state index contributed by atoms with van der Waals surface area (Å²) in [7, 11) is -0.140. The molecule has 24 heavy (non-hydrogen) atoms.